The summed E-state index contributed by atoms with van der Waals surface area (Å²) in [5, 5.41) is 2.24. The fourth-order valence-electron chi connectivity index (χ4n) is 3.29. The molecule has 1 unspecified atom stereocenters. The van der Waals surface area contributed by atoms with Crippen molar-refractivity contribution >= 4 is 22.6 Å². The Morgan fingerprint density at radius 2 is 1.84 bits per heavy atom. The van der Waals surface area contributed by atoms with Crippen LogP contribution in [0.5, 0.6) is 0 Å². The number of hydrogen-bond acceptors (Lipinski definition) is 4. The van der Waals surface area contributed by atoms with Crippen LogP contribution in [0.1, 0.15) is 12.0 Å². The lowest BCUT2D eigenvalue weighted by Crippen LogP contribution is -2.42. The van der Waals surface area contributed by atoms with Gasteiger partial charge in [0.05, 0.1) is 26.2 Å². The molecule has 1 atom stereocenters. The zero-order valence-corrected chi connectivity index (χ0v) is 14.4. The average Bonchev–Trinajstić information content (AvgIpc) is 2.67. The van der Waals surface area contributed by atoms with Gasteiger partial charge in [-0.05, 0) is 22.8 Å². The number of amides is 1. The second-order valence-corrected chi connectivity index (χ2v) is 6.26. The van der Waals surface area contributed by atoms with E-state index < -0.39 is 5.92 Å². The van der Waals surface area contributed by atoms with Crippen molar-refractivity contribution < 1.29 is 19.1 Å². The second-order valence-electron chi connectivity index (χ2n) is 6.26. The van der Waals surface area contributed by atoms with Crippen LogP contribution in [0, 0.1) is 5.92 Å². The highest BCUT2D eigenvalue weighted by molar-refractivity contribution is 5.87. The van der Waals surface area contributed by atoms with Crippen LogP contribution in [0.25, 0.3) is 10.8 Å². The lowest BCUT2D eigenvalue weighted by atomic mass is 9.92. The summed E-state index contributed by atoms with van der Waals surface area (Å²) < 4.78 is 10.2. The molecule has 0 bridgehead atoms. The Morgan fingerprint density at radius 1 is 1.12 bits per heavy atom. The van der Waals surface area contributed by atoms with Crippen LogP contribution >= 0.6 is 0 Å². The Balaban J connectivity index is 1.78. The van der Waals surface area contributed by atoms with Gasteiger partial charge in [-0.15, -0.1) is 0 Å². The van der Waals surface area contributed by atoms with E-state index in [-0.39, 0.29) is 18.3 Å². The molecular formula is C20H23NO4. The van der Waals surface area contributed by atoms with E-state index in [9.17, 15) is 9.59 Å². The molecule has 0 aromatic heterocycles. The van der Waals surface area contributed by atoms with E-state index in [1.807, 2.05) is 42.5 Å². The number of carbonyl (C=O) groups is 2. The Hall–Kier alpha value is -2.40. The number of methoxy groups -OCH3 is 1. The molecule has 1 aliphatic rings. The molecule has 1 heterocycles. The summed E-state index contributed by atoms with van der Waals surface area (Å²) in [5.74, 6) is -0.834. The van der Waals surface area contributed by atoms with Crippen LogP contribution in [-0.4, -0.2) is 50.2 Å². The molecule has 5 nitrogen and oxygen atoms in total. The van der Waals surface area contributed by atoms with Gasteiger partial charge in [-0.3, -0.25) is 9.59 Å². The normalized spacial score (nSPS) is 15.8. The maximum absolute atomic E-state index is 12.5. The van der Waals surface area contributed by atoms with Crippen molar-refractivity contribution in [1.29, 1.82) is 0 Å². The van der Waals surface area contributed by atoms with Gasteiger partial charge in [-0.25, -0.2) is 0 Å². The van der Waals surface area contributed by atoms with Crippen molar-refractivity contribution in [1.82, 2.24) is 4.90 Å². The van der Waals surface area contributed by atoms with E-state index in [4.69, 9.17) is 9.47 Å². The number of ether oxygens (including phenoxy) is 2. The number of benzene rings is 2. The third-order valence-electron chi connectivity index (χ3n) is 4.67. The number of morpholine rings is 1. The molecule has 2 aromatic carbocycles. The third kappa shape index (κ3) is 4.17. The molecule has 5 heteroatoms. The zero-order chi connectivity index (χ0) is 17.6. The fourth-order valence-corrected chi connectivity index (χ4v) is 3.29. The molecule has 3 rings (SSSR count). The number of esters is 1. The molecule has 25 heavy (non-hydrogen) atoms. The fraction of sp³-hybridized carbons (Fsp3) is 0.400. The van der Waals surface area contributed by atoms with Crippen molar-refractivity contribution in [3.63, 3.8) is 0 Å². The molecular weight excluding hydrogens is 318 g/mol. The average molecular weight is 341 g/mol. The summed E-state index contributed by atoms with van der Waals surface area (Å²) in [4.78, 5) is 26.6. The third-order valence-corrected chi connectivity index (χ3v) is 4.67. The predicted octanol–water partition coefficient (Wildman–Crippen LogP) is 2.42. The van der Waals surface area contributed by atoms with E-state index in [0.717, 1.165) is 16.3 Å². The number of fused-ring (bicyclic) bond motifs is 1. The Bertz CT molecular complexity index is 747. The maximum Gasteiger partial charge on any atom is 0.309 e. The number of rotatable bonds is 5. The van der Waals surface area contributed by atoms with E-state index in [0.29, 0.717) is 32.7 Å². The van der Waals surface area contributed by atoms with Crippen LogP contribution in [0.3, 0.4) is 0 Å². The molecule has 1 amide bonds. The first kappa shape index (κ1) is 17.4. The summed E-state index contributed by atoms with van der Waals surface area (Å²) in [6.07, 6.45) is 0.653. The summed E-state index contributed by atoms with van der Waals surface area (Å²) in [6, 6.07) is 14.1. The molecule has 1 saturated heterocycles. The molecule has 1 aliphatic heterocycles. The highest BCUT2D eigenvalue weighted by Gasteiger charge is 2.27. The van der Waals surface area contributed by atoms with Crippen molar-refractivity contribution in [3.8, 4) is 0 Å². The highest BCUT2D eigenvalue weighted by Crippen LogP contribution is 2.23. The Morgan fingerprint density at radius 3 is 2.60 bits per heavy atom. The maximum atomic E-state index is 12.5. The largest absolute Gasteiger partial charge is 0.469 e. The van der Waals surface area contributed by atoms with Gasteiger partial charge in [0, 0.05) is 19.5 Å². The molecule has 1 fully saturated rings. The summed E-state index contributed by atoms with van der Waals surface area (Å²) in [6.45, 7) is 2.28. The van der Waals surface area contributed by atoms with Gasteiger partial charge in [-0.2, -0.15) is 0 Å². The minimum absolute atomic E-state index is 0.0149. The molecule has 0 aliphatic carbocycles. The van der Waals surface area contributed by atoms with Crippen molar-refractivity contribution in [2.24, 2.45) is 5.92 Å². The quantitative estimate of drug-likeness (QED) is 0.784. The van der Waals surface area contributed by atoms with Crippen molar-refractivity contribution in [2.75, 3.05) is 33.4 Å². The van der Waals surface area contributed by atoms with Gasteiger partial charge in [0.1, 0.15) is 0 Å². The summed E-state index contributed by atoms with van der Waals surface area (Å²) >= 11 is 0. The Labute approximate surface area is 147 Å². The lowest BCUT2D eigenvalue weighted by Gasteiger charge is -2.28. The lowest BCUT2D eigenvalue weighted by molar-refractivity contribution is -0.149. The van der Waals surface area contributed by atoms with Crippen molar-refractivity contribution in [3.05, 3.63) is 48.0 Å². The van der Waals surface area contributed by atoms with Crippen LogP contribution < -0.4 is 0 Å². The van der Waals surface area contributed by atoms with Gasteiger partial charge in [0.15, 0.2) is 0 Å². The number of carbonyl (C=O) groups excluding carboxylic acids is 2. The molecule has 0 N–H and O–H groups in total. The summed E-state index contributed by atoms with van der Waals surface area (Å²) in [5.41, 5.74) is 1.06. The van der Waals surface area contributed by atoms with Crippen LogP contribution in [0.4, 0.5) is 0 Å². The SMILES string of the molecule is COC(=O)C(CC(=O)N1CCOCC1)Cc1cccc2ccccc12. The van der Waals surface area contributed by atoms with Gasteiger partial charge in [0.25, 0.3) is 0 Å². The first-order valence-corrected chi connectivity index (χ1v) is 8.59. The van der Waals surface area contributed by atoms with Gasteiger partial charge in [-0.1, -0.05) is 42.5 Å². The Kier molecular flexibility index (Phi) is 5.66. The predicted molar refractivity (Wildman–Crippen MR) is 95.2 cm³/mol. The summed E-state index contributed by atoms with van der Waals surface area (Å²) in [7, 11) is 1.37. The van der Waals surface area contributed by atoms with Gasteiger partial charge in [0.2, 0.25) is 5.91 Å². The molecule has 0 spiro atoms. The smallest absolute Gasteiger partial charge is 0.309 e. The first-order valence-electron chi connectivity index (χ1n) is 8.59. The molecule has 132 valence electrons. The minimum Gasteiger partial charge on any atom is -0.469 e. The van der Waals surface area contributed by atoms with E-state index in [2.05, 4.69) is 0 Å². The molecule has 2 aromatic rings. The number of hydrogen-bond donors (Lipinski definition) is 0. The first-order chi connectivity index (χ1) is 12.2. The van der Waals surface area contributed by atoms with E-state index in [1.54, 1.807) is 4.90 Å². The van der Waals surface area contributed by atoms with E-state index >= 15 is 0 Å². The van der Waals surface area contributed by atoms with Crippen LogP contribution in [-0.2, 0) is 25.5 Å². The molecule has 0 radical (unpaired) electrons. The monoisotopic (exact) mass is 341 g/mol. The van der Waals surface area contributed by atoms with Gasteiger partial charge >= 0.3 is 5.97 Å². The number of nitrogens with zero attached hydrogens (tertiary/aromatic N) is 1. The second kappa shape index (κ2) is 8.12. The zero-order valence-electron chi connectivity index (χ0n) is 14.4. The minimum atomic E-state index is -0.480. The van der Waals surface area contributed by atoms with E-state index in [1.165, 1.54) is 7.11 Å². The van der Waals surface area contributed by atoms with Gasteiger partial charge < -0.3 is 14.4 Å². The van der Waals surface area contributed by atoms with Crippen LogP contribution in [0.2, 0.25) is 0 Å². The van der Waals surface area contributed by atoms with Crippen LogP contribution in [0.15, 0.2) is 42.5 Å². The van der Waals surface area contributed by atoms with Crippen molar-refractivity contribution in [2.45, 2.75) is 12.8 Å². The topological polar surface area (TPSA) is 55.8 Å². The highest BCUT2D eigenvalue weighted by atomic mass is 16.5. The standard InChI is InChI=1S/C20H23NO4/c1-24-20(23)17(14-19(22)21-9-11-25-12-10-21)13-16-7-4-6-15-5-2-3-8-18(15)16/h2-8,17H,9-14H2,1H3. The molecule has 0 saturated carbocycles.